The van der Waals surface area contributed by atoms with Gasteiger partial charge in [-0.1, -0.05) is 0 Å². The van der Waals surface area contributed by atoms with Crippen molar-refractivity contribution in [3.05, 3.63) is 42.6 Å². The van der Waals surface area contributed by atoms with Crippen molar-refractivity contribution in [3.8, 4) is 5.82 Å². The number of ether oxygens (including phenoxy) is 1. The molecular weight excluding hydrogens is 268 g/mol. The van der Waals surface area contributed by atoms with Gasteiger partial charge < -0.3 is 10.1 Å². The largest absolute Gasteiger partial charge is 0.376 e. The fourth-order valence-electron chi connectivity index (χ4n) is 2.45. The van der Waals surface area contributed by atoms with Gasteiger partial charge in [-0.2, -0.15) is 0 Å². The number of carbonyl (C=O) groups is 1. The number of nitrogens with one attached hydrogen (secondary N) is 1. The number of rotatable bonds is 4. The van der Waals surface area contributed by atoms with Crippen molar-refractivity contribution in [1.29, 1.82) is 0 Å². The standard InChI is InChI=1S/C15H18N4O2/c1-11(13-3-2-8-21-13)18-15(20)12-4-5-14(17-9-12)19-7-6-16-10-19/h4-7,9-11,13H,2-3,8H2,1H3,(H,18,20)/t11-,13+/m0/s1. The molecule has 1 fully saturated rings. The van der Waals surface area contributed by atoms with Gasteiger partial charge in [0, 0.05) is 25.2 Å². The number of hydrogen-bond acceptors (Lipinski definition) is 4. The lowest BCUT2D eigenvalue weighted by Crippen LogP contribution is -2.40. The van der Waals surface area contributed by atoms with Gasteiger partial charge in [0.15, 0.2) is 0 Å². The summed E-state index contributed by atoms with van der Waals surface area (Å²) in [7, 11) is 0. The second-order valence-electron chi connectivity index (χ2n) is 5.19. The molecule has 0 bridgehead atoms. The van der Waals surface area contributed by atoms with Gasteiger partial charge in [0.05, 0.1) is 17.7 Å². The zero-order valence-electron chi connectivity index (χ0n) is 11.9. The van der Waals surface area contributed by atoms with E-state index in [1.807, 2.05) is 13.1 Å². The van der Waals surface area contributed by atoms with E-state index < -0.39 is 0 Å². The molecule has 1 saturated heterocycles. The summed E-state index contributed by atoms with van der Waals surface area (Å²) in [6.07, 6.45) is 8.92. The maximum atomic E-state index is 12.2. The van der Waals surface area contributed by atoms with Crippen LogP contribution < -0.4 is 5.32 Å². The molecule has 2 aromatic heterocycles. The second kappa shape index (κ2) is 6.05. The van der Waals surface area contributed by atoms with E-state index >= 15 is 0 Å². The maximum Gasteiger partial charge on any atom is 0.253 e. The highest BCUT2D eigenvalue weighted by Crippen LogP contribution is 2.15. The van der Waals surface area contributed by atoms with Crippen LogP contribution in [0, 0.1) is 0 Å². The molecule has 3 rings (SSSR count). The van der Waals surface area contributed by atoms with Gasteiger partial charge in [-0.15, -0.1) is 0 Å². The number of carbonyl (C=O) groups excluding carboxylic acids is 1. The number of amides is 1. The Morgan fingerprint density at radius 1 is 1.52 bits per heavy atom. The van der Waals surface area contributed by atoms with Crippen LogP contribution in [0.1, 0.15) is 30.1 Å². The Bertz CT molecular complexity index is 589. The van der Waals surface area contributed by atoms with Crippen LogP contribution >= 0.6 is 0 Å². The van der Waals surface area contributed by atoms with E-state index in [-0.39, 0.29) is 18.1 Å². The minimum Gasteiger partial charge on any atom is -0.376 e. The second-order valence-corrected chi connectivity index (χ2v) is 5.19. The molecule has 0 aliphatic carbocycles. The first kappa shape index (κ1) is 13.8. The van der Waals surface area contributed by atoms with E-state index in [0.717, 1.165) is 25.3 Å². The molecule has 0 saturated carbocycles. The molecule has 6 nitrogen and oxygen atoms in total. The smallest absolute Gasteiger partial charge is 0.253 e. The predicted octanol–water partition coefficient (Wildman–Crippen LogP) is 1.56. The Hall–Kier alpha value is -2.21. The molecule has 1 aliphatic heterocycles. The molecule has 110 valence electrons. The molecule has 1 amide bonds. The molecule has 0 aromatic carbocycles. The maximum absolute atomic E-state index is 12.2. The summed E-state index contributed by atoms with van der Waals surface area (Å²) in [4.78, 5) is 20.4. The highest BCUT2D eigenvalue weighted by Gasteiger charge is 2.24. The van der Waals surface area contributed by atoms with Crippen molar-refractivity contribution in [2.24, 2.45) is 0 Å². The average Bonchev–Trinajstić information content (AvgIpc) is 3.20. The minimum atomic E-state index is -0.123. The third-order valence-electron chi connectivity index (χ3n) is 3.66. The van der Waals surface area contributed by atoms with E-state index in [1.54, 1.807) is 35.4 Å². The van der Waals surface area contributed by atoms with Crippen LogP contribution in [-0.2, 0) is 4.74 Å². The molecule has 0 radical (unpaired) electrons. The first-order chi connectivity index (χ1) is 10.2. The van der Waals surface area contributed by atoms with Gasteiger partial charge in [-0.3, -0.25) is 9.36 Å². The fraction of sp³-hybridized carbons (Fsp3) is 0.400. The highest BCUT2D eigenvalue weighted by molar-refractivity contribution is 5.94. The van der Waals surface area contributed by atoms with Gasteiger partial charge in [0.2, 0.25) is 0 Å². The van der Waals surface area contributed by atoms with Crippen molar-refractivity contribution < 1.29 is 9.53 Å². The Balaban J connectivity index is 1.64. The Morgan fingerprint density at radius 3 is 3.05 bits per heavy atom. The Kier molecular flexibility index (Phi) is 3.96. The minimum absolute atomic E-state index is 0.00771. The number of aromatic nitrogens is 3. The van der Waals surface area contributed by atoms with Crippen LogP contribution in [0.4, 0.5) is 0 Å². The first-order valence-corrected chi connectivity index (χ1v) is 7.11. The van der Waals surface area contributed by atoms with E-state index in [1.165, 1.54) is 0 Å². The molecular formula is C15H18N4O2. The van der Waals surface area contributed by atoms with Crippen LogP contribution in [0.15, 0.2) is 37.1 Å². The summed E-state index contributed by atoms with van der Waals surface area (Å²) >= 11 is 0. The van der Waals surface area contributed by atoms with Crippen molar-refractivity contribution in [2.45, 2.75) is 31.9 Å². The van der Waals surface area contributed by atoms with Gasteiger partial charge in [-0.25, -0.2) is 9.97 Å². The zero-order valence-corrected chi connectivity index (χ0v) is 11.9. The Morgan fingerprint density at radius 2 is 2.43 bits per heavy atom. The summed E-state index contributed by atoms with van der Waals surface area (Å²) < 4.78 is 7.37. The number of hydrogen-bond donors (Lipinski definition) is 1. The van der Waals surface area contributed by atoms with Crippen LogP contribution in [0.2, 0.25) is 0 Å². The molecule has 0 unspecified atom stereocenters. The van der Waals surface area contributed by atoms with E-state index in [9.17, 15) is 4.79 Å². The quantitative estimate of drug-likeness (QED) is 0.926. The van der Waals surface area contributed by atoms with Crippen molar-refractivity contribution >= 4 is 5.91 Å². The molecule has 2 atom stereocenters. The lowest BCUT2D eigenvalue weighted by atomic mass is 10.1. The lowest BCUT2D eigenvalue weighted by molar-refractivity contribution is 0.0712. The predicted molar refractivity (Wildman–Crippen MR) is 77.3 cm³/mol. The van der Waals surface area contributed by atoms with Crippen LogP contribution in [-0.4, -0.2) is 39.2 Å². The van der Waals surface area contributed by atoms with E-state index in [0.29, 0.717) is 5.56 Å². The lowest BCUT2D eigenvalue weighted by Gasteiger charge is -2.19. The van der Waals surface area contributed by atoms with Crippen LogP contribution in [0.3, 0.4) is 0 Å². The van der Waals surface area contributed by atoms with Gasteiger partial charge in [0.1, 0.15) is 12.1 Å². The monoisotopic (exact) mass is 286 g/mol. The van der Waals surface area contributed by atoms with Crippen molar-refractivity contribution in [3.63, 3.8) is 0 Å². The van der Waals surface area contributed by atoms with Gasteiger partial charge in [-0.05, 0) is 31.9 Å². The summed E-state index contributed by atoms with van der Waals surface area (Å²) in [6.45, 7) is 2.76. The fourth-order valence-corrected chi connectivity index (χ4v) is 2.45. The van der Waals surface area contributed by atoms with Crippen molar-refractivity contribution in [2.75, 3.05) is 6.61 Å². The third kappa shape index (κ3) is 3.11. The zero-order chi connectivity index (χ0) is 14.7. The molecule has 3 heterocycles. The molecule has 1 aliphatic rings. The number of imidazole rings is 1. The summed E-state index contributed by atoms with van der Waals surface area (Å²) in [6, 6.07) is 3.57. The Labute approximate surface area is 123 Å². The van der Waals surface area contributed by atoms with Crippen LogP contribution in [0.25, 0.3) is 5.82 Å². The van der Waals surface area contributed by atoms with Gasteiger partial charge in [0.25, 0.3) is 5.91 Å². The summed E-state index contributed by atoms with van der Waals surface area (Å²) in [5.41, 5.74) is 0.545. The average molecular weight is 286 g/mol. The molecule has 1 N–H and O–H groups in total. The number of pyridine rings is 1. The van der Waals surface area contributed by atoms with E-state index in [4.69, 9.17) is 4.74 Å². The molecule has 0 spiro atoms. The normalized spacial score (nSPS) is 19.4. The summed E-state index contributed by atoms with van der Waals surface area (Å²) in [5, 5.41) is 2.97. The van der Waals surface area contributed by atoms with Crippen LogP contribution in [0.5, 0.6) is 0 Å². The molecule has 2 aromatic rings. The number of nitrogens with zero attached hydrogens (tertiary/aromatic N) is 3. The summed E-state index contributed by atoms with van der Waals surface area (Å²) in [5.74, 6) is 0.610. The first-order valence-electron chi connectivity index (χ1n) is 7.11. The SMILES string of the molecule is C[C@H](NC(=O)c1ccc(-n2ccnc2)nc1)[C@H]1CCCO1. The molecule has 6 heteroatoms. The molecule has 21 heavy (non-hydrogen) atoms. The highest BCUT2D eigenvalue weighted by atomic mass is 16.5. The van der Waals surface area contributed by atoms with E-state index in [2.05, 4.69) is 15.3 Å². The topological polar surface area (TPSA) is 69.0 Å². The third-order valence-corrected chi connectivity index (χ3v) is 3.66. The van der Waals surface area contributed by atoms with Crippen molar-refractivity contribution in [1.82, 2.24) is 19.9 Å². The van der Waals surface area contributed by atoms with Gasteiger partial charge >= 0.3 is 0 Å².